The molecule has 2 aromatic rings. The van der Waals surface area contributed by atoms with Gasteiger partial charge in [0.05, 0.1) is 16.5 Å². The highest BCUT2D eigenvalue weighted by atomic mass is 79.9. The van der Waals surface area contributed by atoms with Gasteiger partial charge in [0.15, 0.2) is 5.78 Å². The van der Waals surface area contributed by atoms with Crippen molar-refractivity contribution in [2.45, 2.75) is 12.5 Å². The van der Waals surface area contributed by atoms with Gasteiger partial charge in [-0.3, -0.25) is 4.79 Å². The Balaban J connectivity index is 2.05. The smallest absolute Gasteiger partial charge is 0.170 e. The van der Waals surface area contributed by atoms with E-state index in [2.05, 4.69) is 15.9 Å². The molecular weight excluding hydrogens is 319 g/mol. The second-order valence-corrected chi connectivity index (χ2v) is 5.85. The van der Waals surface area contributed by atoms with E-state index in [0.717, 1.165) is 4.88 Å². The summed E-state index contributed by atoms with van der Waals surface area (Å²) in [6, 6.07) is 6.39. The fourth-order valence-electron chi connectivity index (χ4n) is 1.98. The van der Waals surface area contributed by atoms with Gasteiger partial charge < -0.3 is 4.74 Å². The summed E-state index contributed by atoms with van der Waals surface area (Å²) < 4.78 is 19.6. The zero-order valence-corrected chi connectivity index (χ0v) is 11.6. The first-order valence-electron chi connectivity index (χ1n) is 5.37. The average Bonchev–Trinajstić information content (AvgIpc) is 2.83. The predicted molar refractivity (Wildman–Crippen MR) is 70.7 cm³/mol. The van der Waals surface area contributed by atoms with Gasteiger partial charge in [-0.1, -0.05) is 6.07 Å². The normalized spacial score (nSPS) is 18.3. The lowest BCUT2D eigenvalue weighted by Gasteiger charge is -2.25. The van der Waals surface area contributed by atoms with Crippen LogP contribution in [0.1, 0.15) is 27.8 Å². The molecule has 0 aliphatic carbocycles. The zero-order chi connectivity index (χ0) is 12.7. The van der Waals surface area contributed by atoms with Crippen molar-refractivity contribution < 1.29 is 13.9 Å². The van der Waals surface area contributed by atoms with E-state index in [1.165, 1.54) is 12.1 Å². The Kier molecular flexibility index (Phi) is 2.95. The number of hydrogen-bond donors (Lipinski definition) is 0. The Morgan fingerprint density at radius 3 is 3.00 bits per heavy atom. The van der Waals surface area contributed by atoms with Gasteiger partial charge in [-0.25, -0.2) is 4.39 Å². The predicted octanol–water partition coefficient (Wildman–Crippen LogP) is 4.36. The number of halogens is 2. The molecule has 1 unspecified atom stereocenters. The maximum atomic E-state index is 13.3. The fraction of sp³-hybridized carbons (Fsp3) is 0.154. The summed E-state index contributed by atoms with van der Waals surface area (Å²) in [6.45, 7) is 0. The van der Waals surface area contributed by atoms with Crippen molar-refractivity contribution >= 4 is 33.0 Å². The van der Waals surface area contributed by atoms with Gasteiger partial charge in [0, 0.05) is 4.88 Å². The third kappa shape index (κ3) is 1.97. The van der Waals surface area contributed by atoms with E-state index >= 15 is 0 Å². The molecule has 2 heterocycles. The van der Waals surface area contributed by atoms with Crippen LogP contribution >= 0.6 is 27.3 Å². The number of fused-ring (bicyclic) bond motifs is 1. The van der Waals surface area contributed by atoms with E-state index < -0.39 is 5.82 Å². The van der Waals surface area contributed by atoms with Gasteiger partial charge in [-0.2, -0.15) is 0 Å². The standard InChI is InChI=1S/C13H8BrFO2S/c14-9-5-7(15)4-8-10(16)6-11(17-13(8)9)12-2-1-3-18-12/h1-5,11H,6H2. The lowest BCUT2D eigenvalue weighted by atomic mass is 10.00. The minimum Gasteiger partial charge on any atom is -0.482 e. The first kappa shape index (κ1) is 11.9. The first-order valence-corrected chi connectivity index (χ1v) is 7.04. The molecule has 1 atom stereocenters. The molecule has 0 N–H and O–H groups in total. The molecule has 0 saturated carbocycles. The number of carbonyl (C=O) groups is 1. The summed E-state index contributed by atoms with van der Waals surface area (Å²) in [5.74, 6) is -0.0898. The van der Waals surface area contributed by atoms with Crippen LogP contribution in [0.25, 0.3) is 0 Å². The van der Waals surface area contributed by atoms with Gasteiger partial charge in [0.2, 0.25) is 0 Å². The van der Waals surface area contributed by atoms with Crippen LogP contribution in [0.5, 0.6) is 5.75 Å². The van der Waals surface area contributed by atoms with Crippen molar-refractivity contribution in [2.75, 3.05) is 0 Å². The molecule has 0 amide bonds. The SMILES string of the molecule is O=C1CC(c2cccs2)Oc2c(Br)cc(F)cc21. The monoisotopic (exact) mass is 326 g/mol. The summed E-state index contributed by atoms with van der Waals surface area (Å²) in [5, 5.41) is 1.94. The number of benzene rings is 1. The topological polar surface area (TPSA) is 26.3 Å². The molecular formula is C13H8BrFO2S. The van der Waals surface area contributed by atoms with E-state index in [1.807, 2.05) is 17.5 Å². The fourth-order valence-corrected chi connectivity index (χ4v) is 3.26. The van der Waals surface area contributed by atoms with Crippen molar-refractivity contribution in [3.05, 3.63) is 50.4 Å². The summed E-state index contributed by atoms with van der Waals surface area (Å²) in [4.78, 5) is 13.0. The summed E-state index contributed by atoms with van der Waals surface area (Å²) in [5.41, 5.74) is 0.315. The highest BCUT2D eigenvalue weighted by Gasteiger charge is 2.30. The van der Waals surface area contributed by atoms with Crippen molar-refractivity contribution in [1.29, 1.82) is 0 Å². The summed E-state index contributed by atoms with van der Waals surface area (Å²) in [6.07, 6.45) is -0.0181. The maximum absolute atomic E-state index is 13.3. The molecule has 1 aliphatic rings. The molecule has 1 aromatic carbocycles. The first-order chi connectivity index (χ1) is 8.65. The second-order valence-electron chi connectivity index (χ2n) is 4.01. The van der Waals surface area contributed by atoms with E-state index in [9.17, 15) is 9.18 Å². The Bertz CT molecular complexity index is 610. The highest BCUT2D eigenvalue weighted by molar-refractivity contribution is 9.10. The number of Topliss-reactive ketones (excluding diaryl/α,β-unsaturated/α-hetero) is 1. The number of thiophene rings is 1. The molecule has 1 aromatic heterocycles. The number of ketones is 1. The van der Waals surface area contributed by atoms with Gasteiger partial charge in [-0.15, -0.1) is 11.3 Å². The van der Waals surface area contributed by atoms with Crippen LogP contribution in [0.15, 0.2) is 34.1 Å². The summed E-state index contributed by atoms with van der Waals surface area (Å²) >= 11 is 4.79. The Labute approximate surface area is 116 Å². The molecule has 18 heavy (non-hydrogen) atoms. The molecule has 3 rings (SSSR count). The average molecular weight is 327 g/mol. The molecule has 5 heteroatoms. The van der Waals surface area contributed by atoms with Gasteiger partial charge in [0.25, 0.3) is 0 Å². The van der Waals surface area contributed by atoms with Crippen LogP contribution in [0.4, 0.5) is 4.39 Å². The number of rotatable bonds is 1. The summed E-state index contributed by atoms with van der Waals surface area (Å²) in [7, 11) is 0. The molecule has 1 aliphatic heterocycles. The molecule has 0 spiro atoms. The molecule has 92 valence electrons. The third-order valence-electron chi connectivity index (χ3n) is 2.80. The Morgan fingerprint density at radius 1 is 1.44 bits per heavy atom. The molecule has 2 nitrogen and oxygen atoms in total. The lowest BCUT2D eigenvalue weighted by Crippen LogP contribution is -2.20. The second kappa shape index (κ2) is 4.48. The van der Waals surface area contributed by atoms with E-state index in [-0.39, 0.29) is 18.3 Å². The largest absolute Gasteiger partial charge is 0.482 e. The van der Waals surface area contributed by atoms with E-state index in [1.54, 1.807) is 11.3 Å². The molecule has 0 bridgehead atoms. The van der Waals surface area contributed by atoms with Crippen molar-refractivity contribution in [2.24, 2.45) is 0 Å². The van der Waals surface area contributed by atoms with E-state index in [4.69, 9.17) is 4.74 Å². The minimum absolute atomic E-state index is 0.0881. The Morgan fingerprint density at radius 2 is 2.28 bits per heavy atom. The minimum atomic E-state index is -0.438. The number of hydrogen-bond acceptors (Lipinski definition) is 3. The van der Waals surface area contributed by atoms with Crippen molar-refractivity contribution in [3.63, 3.8) is 0 Å². The van der Waals surface area contributed by atoms with Crippen LogP contribution in [0.2, 0.25) is 0 Å². The molecule has 0 fully saturated rings. The zero-order valence-electron chi connectivity index (χ0n) is 9.15. The van der Waals surface area contributed by atoms with Crippen LogP contribution < -0.4 is 4.74 Å². The number of carbonyl (C=O) groups excluding carboxylic acids is 1. The van der Waals surface area contributed by atoms with Gasteiger partial charge in [-0.05, 0) is 39.5 Å². The van der Waals surface area contributed by atoms with Crippen LogP contribution in [0, 0.1) is 5.82 Å². The van der Waals surface area contributed by atoms with Gasteiger partial charge in [0.1, 0.15) is 17.7 Å². The van der Waals surface area contributed by atoms with Gasteiger partial charge >= 0.3 is 0 Å². The Hall–Kier alpha value is -1.20. The maximum Gasteiger partial charge on any atom is 0.170 e. The lowest BCUT2D eigenvalue weighted by molar-refractivity contribution is 0.0851. The quantitative estimate of drug-likeness (QED) is 0.778. The third-order valence-corrected chi connectivity index (χ3v) is 4.35. The van der Waals surface area contributed by atoms with Crippen LogP contribution in [0.3, 0.4) is 0 Å². The van der Waals surface area contributed by atoms with Crippen molar-refractivity contribution in [3.8, 4) is 5.75 Å². The number of ether oxygens (including phenoxy) is 1. The molecule has 0 radical (unpaired) electrons. The van der Waals surface area contributed by atoms with E-state index in [0.29, 0.717) is 15.8 Å². The van der Waals surface area contributed by atoms with Crippen molar-refractivity contribution in [1.82, 2.24) is 0 Å². The van der Waals surface area contributed by atoms with Crippen LogP contribution in [-0.2, 0) is 0 Å². The molecule has 0 saturated heterocycles. The van der Waals surface area contributed by atoms with Crippen LogP contribution in [-0.4, -0.2) is 5.78 Å². The highest BCUT2D eigenvalue weighted by Crippen LogP contribution is 2.41.